The highest BCUT2D eigenvalue weighted by atomic mass is 15.3. The first-order valence-corrected chi connectivity index (χ1v) is 7.75. The number of nitrogens with one attached hydrogen (secondary N) is 1. The van der Waals surface area contributed by atoms with E-state index in [-0.39, 0.29) is 5.54 Å². The molecule has 0 aromatic heterocycles. The molecular formula is C15H28N4. The van der Waals surface area contributed by atoms with Crippen molar-refractivity contribution in [3.8, 4) is 6.07 Å². The number of nitrogens with zero attached hydrogens (tertiary/aromatic N) is 3. The molecule has 0 aromatic carbocycles. The summed E-state index contributed by atoms with van der Waals surface area (Å²) in [7, 11) is 1.94. The molecule has 0 aromatic rings. The van der Waals surface area contributed by atoms with Crippen LogP contribution in [0.4, 0.5) is 0 Å². The van der Waals surface area contributed by atoms with Gasteiger partial charge in [-0.25, -0.2) is 0 Å². The summed E-state index contributed by atoms with van der Waals surface area (Å²) in [5.74, 6) is 0.565. The Morgan fingerprint density at radius 2 is 2.00 bits per heavy atom. The molecule has 2 rings (SSSR count). The second-order valence-electron chi connectivity index (χ2n) is 6.01. The molecule has 2 atom stereocenters. The first-order chi connectivity index (χ1) is 9.19. The lowest BCUT2D eigenvalue weighted by molar-refractivity contribution is 0.191. The Morgan fingerprint density at radius 1 is 1.32 bits per heavy atom. The van der Waals surface area contributed by atoms with Crippen LogP contribution in [0.25, 0.3) is 0 Å². The Bertz CT molecular complexity index is 330. The molecule has 4 heteroatoms. The van der Waals surface area contributed by atoms with Crippen LogP contribution < -0.4 is 5.32 Å². The van der Waals surface area contributed by atoms with Crippen LogP contribution >= 0.6 is 0 Å². The number of nitriles is 1. The van der Waals surface area contributed by atoms with E-state index >= 15 is 0 Å². The van der Waals surface area contributed by atoms with Gasteiger partial charge in [-0.05, 0) is 51.9 Å². The van der Waals surface area contributed by atoms with Gasteiger partial charge in [0.1, 0.15) is 5.54 Å². The maximum absolute atomic E-state index is 9.57. The number of rotatable bonds is 7. The zero-order chi connectivity index (χ0) is 13.9. The summed E-state index contributed by atoms with van der Waals surface area (Å²) in [6.45, 7) is 9.90. The smallest absolute Gasteiger partial charge is 0.122 e. The molecule has 108 valence electrons. The fourth-order valence-electron chi connectivity index (χ4n) is 3.52. The Hall–Kier alpha value is -0.630. The molecule has 1 saturated heterocycles. The van der Waals surface area contributed by atoms with Gasteiger partial charge >= 0.3 is 0 Å². The van der Waals surface area contributed by atoms with Crippen molar-refractivity contribution < 1.29 is 0 Å². The lowest BCUT2D eigenvalue weighted by Crippen LogP contribution is -2.53. The lowest BCUT2D eigenvalue weighted by Gasteiger charge is -2.32. The molecule has 1 N–H and O–H groups in total. The largest absolute Gasteiger partial charge is 0.301 e. The minimum Gasteiger partial charge on any atom is -0.301 e. The molecule has 0 bridgehead atoms. The van der Waals surface area contributed by atoms with Crippen LogP contribution in [0.2, 0.25) is 0 Å². The van der Waals surface area contributed by atoms with Crippen LogP contribution in [0.1, 0.15) is 33.1 Å². The van der Waals surface area contributed by atoms with Crippen molar-refractivity contribution in [3.63, 3.8) is 0 Å². The van der Waals surface area contributed by atoms with Crippen molar-refractivity contribution >= 4 is 0 Å². The predicted molar refractivity (Wildman–Crippen MR) is 77.9 cm³/mol. The molecule has 0 amide bonds. The molecule has 1 saturated carbocycles. The molecular weight excluding hydrogens is 236 g/mol. The SMILES string of the molecule is CCN(CC)C1CCN(CC(C#N)(NC)C2CC2)C1. The molecule has 0 radical (unpaired) electrons. The van der Waals surface area contributed by atoms with Gasteiger partial charge < -0.3 is 5.32 Å². The number of likely N-dealkylation sites (N-methyl/N-ethyl adjacent to an activating group) is 2. The minimum atomic E-state index is -0.307. The van der Waals surface area contributed by atoms with Crippen LogP contribution in [-0.2, 0) is 0 Å². The van der Waals surface area contributed by atoms with Crippen LogP contribution in [0.3, 0.4) is 0 Å². The predicted octanol–water partition coefficient (Wildman–Crippen LogP) is 1.29. The third kappa shape index (κ3) is 3.10. The van der Waals surface area contributed by atoms with E-state index in [4.69, 9.17) is 0 Å². The van der Waals surface area contributed by atoms with E-state index in [1.54, 1.807) is 0 Å². The molecule has 2 aliphatic rings. The monoisotopic (exact) mass is 264 g/mol. The summed E-state index contributed by atoms with van der Waals surface area (Å²) in [6.07, 6.45) is 3.67. The van der Waals surface area contributed by atoms with E-state index in [9.17, 15) is 5.26 Å². The van der Waals surface area contributed by atoms with Crippen molar-refractivity contribution in [1.82, 2.24) is 15.1 Å². The summed E-state index contributed by atoms with van der Waals surface area (Å²) >= 11 is 0. The first-order valence-electron chi connectivity index (χ1n) is 7.75. The van der Waals surface area contributed by atoms with E-state index in [1.807, 2.05) is 7.05 Å². The number of likely N-dealkylation sites (tertiary alicyclic amines) is 1. The van der Waals surface area contributed by atoms with E-state index in [0.717, 1.165) is 32.7 Å². The zero-order valence-electron chi connectivity index (χ0n) is 12.7. The van der Waals surface area contributed by atoms with Gasteiger partial charge in [0.05, 0.1) is 6.07 Å². The number of hydrogen-bond donors (Lipinski definition) is 1. The summed E-state index contributed by atoms with van der Waals surface area (Å²) in [4.78, 5) is 5.03. The van der Waals surface area contributed by atoms with Gasteiger partial charge in [0, 0.05) is 19.1 Å². The topological polar surface area (TPSA) is 42.3 Å². The maximum Gasteiger partial charge on any atom is 0.122 e. The van der Waals surface area contributed by atoms with Crippen LogP contribution in [0.15, 0.2) is 0 Å². The van der Waals surface area contributed by atoms with Crippen molar-refractivity contribution in [2.24, 2.45) is 5.92 Å². The van der Waals surface area contributed by atoms with Crippen molar-refractivity contribution in [3.05, 3.63) is 0 Å². The Morgan fingerprint density at radius 3 is 2.47 bits per heavy atom. The van der Waals surface area contributed by atoms with E-state index in [0.29, 0.717) is 12.0 Å². The highest BCUT2D eigenvalue weighted by molar-refractivity contribution is 5.16. The first kappa shape index (κ1) is 14.8. The van der Waals surface area contributed by atoms with Crippen molar-refractivity contribution in [1.29, 1.82) is 5.26 Å². The fourth-order valence-corrected chi connectivity index (χ4v) is 3.52. The van der Waals surface area contributed by atoms with Gasteiger partial charge in [-0.2, -0.15) is 5.26 Å². The van der Waals surface area contributed by atoms with Crippen LogP contribution in [-0.4, -0.2) is 61.2 Å². The highest BCUT2D eigenvalue weighted by Crippen LogP contribution is 2.40. The summed E-state index contributed by atoms with van der Waals surface area (Å²) in [5.41, 5.74) is -0.307. The van der Waals surface area contributed by atoms with E-state index < -0.39 is 0 Å². The summed E-state index contributed by atoms with van der Waals surface area (Å²) in [5, 5.41) is 12.9. The standard InChI is InChI=1S/C15H28N4/c1-4-19(5-2)14-8-9-18(10-14)12-15(11-16,17-3)13-6-7-13/h13-14,17H,4-10,12H2,1-3H3. The van der Waals surface area contributed by atoms with Crippen molar-refractivity contribution in [2.45, 2.75) is 44.7 Å². The molecule has 1 aliphatic heterocycles. The zero-order valence-corrected chi connectivity index (χ0v) is 12.7. The quantitative estimate of drug-likeness (QED) is 0.752. The van der Waals surface area contributed by atoms with Gasteiger partial charge in [-0.1, -0.05) is 13.8 Å². The second kappa shape index (κ2) is 6.21. The summed E-state index contributed by atoms with van der Waals surface area (Å²) in [6, 6.07) is 3.24. The minimum absolute atomic E-state index is 0.307. The lowest BCUT2D eigenvalue weighted by atomic mass is 9.94. The van der Waals surface area contributed by atoms with E-state index in [2.05, 4.69) is 35.0 Å². The highest BCUT2D eigenvalue weighted by Gasteiger charge is 2.46. The third-order valence-corrected chi connectivity index (χ3v) is 4.97. The molecule has 19 heavy (non-hydrogen) atoms. The Kier molecular flexibility index (Phi) is 4.83. The van der Waals surface area contributed by atoms with Gasteiger partial charge in [-0.3, -0.25) is 9.80 Å². The van der Waals surface area contributed by atoms with Crippen molar-refractivity contribution in [2.75, 3.05) is 39.8 Å². The van der Waals surface area contributed by atoms with Gasteiger partial charge in [0.15, 0.2) is 0 Å². The average Bonchev–Trinajstić information content (AvgIpc) is 3.20. The third-order valence-electron chi connectivity index (χ3n) is 4.97. The second-order valence-corrected chi connectivity index (χ2v) is 6.01. The molecule has 1 aliphatic carbocycles. The molecule has 1 heterocycles. The molecule has 4 nitrogen and oxygen atoms in total. The van der Waals surface area contributed by atoms with E-state index in [1.165, 1.54) is 19.3 Å². The van der Waals surface area contributed by atoms with Gasteiger partial charge in [0.25, 0.3) is 0 Å². The normalized spacial score (nSPS) is 27.4. The fraction of sp³-hybridized carbons (Fsp3) is 0.933. The van der Waals surface area contributed by atoms with Crippen LogP contribution in [0, 0.1) is 17.2 Å². The average molecular weight is 264 g/mol. The Balaban J connectivity index is 1.92. The molecule has 0 spiro atoms. The van der Waals surface area contributed by atoms with Crippen LogP contribution in [0.5, 0.6) is 0 Å². The van der Waals surface area contributed by atoms with Gasteiger partial charge in [0.2, 0.25) is 0 Å². The number of hydrogen-bond acceptors (Lipinski definition) is 4. The Labute approximate surface area is 117 Å². The molecule has 2 unspecified atom stereocenters. The van der Waals surface area contributed by atoms with Gasteiger partial charge in [-0.15, -0.1) is 0 Å². The maximum atomic E-state index is 9.57. The molecule has 2 fully saturated rings. The summed E-state index contributed by atoms with van der Waals surface area (Å²) < 4.78 is 0.